The van der Waals surface area contributed by atoms with Crippen molar-refractivity contribution in [1.82, 2.24) is 9.78 Å². The summed E-state index contributed by atoms with van der Waals surface area (Å²) < 4.78 is 2.33. The van der Waals surface area contributed by atoms with Gasteiger partial charge in [-0.1, -0.05) is 27.2 Å². The Kier molecular flexibility index (Phi) is 2.24. The number of hydrogen-bond donors (Lipinski definition) is 0. The van der Waals surface area contributed by atoms with Gasteiger partial charge < -0.3 is 0 Å². The largest absolute Gasteiger partial charge is 0.266 e. The summed E-state index contributed by atoms with van der Waals surface area (Å²) in [5, 5.41) is 4.74. The van der Waals surface area contributed by atoms with Crippen LogP contribution in [0.1, 0.15) is 70.3 Å². The number of nitrogens with zero attached hydrogens (tertiary/aromatic N) is 2. The smallest absolute Gasteiger partial charge is 0.0596 e. The third-order valence-corrected chi connectivity index (χ3v) is 4.72. The fourth-order valence-electron chi connectivity index (χ4n) is 3.55. The highest BCUT2D eigenvalue weighted by atomic mass is 15.3. The summed E-state index contributed by atoms with van der Waals surface area (Å²) in [4.78, 5) is 0. The maximum Gasteiger partial charge on any atom is 0.0596 e. The highest BCUT2D eigenvalue weighted by Gasteiger charge is 2.49. The molecular weight excluding hydrogens is 208 g/mol. The van der Waals surface area contributed by atoms with Gasteiger partial charge in [-0.2, -0.15) is 5.10 Å². The summed E-state index contributed by atoms with van der Waals surface area (Å²) in [5.41, 5.74) is 3.53. The molecule has 2 aliphatic carbocycles. The zero-order chi connectivity index (χ0) is 12.3. The first-order chi connectivity index (χ1) is 7.90. The van der Waals surface area contributed by atoms with Crippen LogP contribution >= 0.6 is 0 Å². The highest BCUT2D eigenvalue weighted by molar-refractivity contribution is 5.19. The molecule has 1 spiro atoms. The Morgan fingerprint density at radius 3 is 2.41 bits per heavy atom. The van der Waals surface area contributed by atoms with Crippen molar-refractivity contribution in [3.63, 3.8) is 0 Å². The molecule has 3 rings (SSSR count). The quantitative estimate of drug-likeness (QED) is 0.715. The Labute approximate surface area is 104 Å². The lowest BCUT2D eigenvalue weighted by Crippen LogP contribution is -2.44. The third kappa shape index (κ3) is 1.73. The van der Waals surface area contributed by atoms with Crippen molar-refractivity contribution in [3.8, 4) is 0 Å². The second-order valence-corrected chi connectivity index (χ2v) is 7.28. The summed E-state index contributed by atoms with van der Waals surface area (Å²) in [5.74, 6) is 0. The Morgan fingerprint density at radius 2 is 1.94 bits per heavy atom. The van der Waals surface area contributed by atoms with E-state index in [9.17, 15) is 0 Å². The van der Waals surface area contributed by atoms with E-state index in [0.717, 1.165) is 5.41 Å². The molecule has 2 nitrogen and oxygen atoms in total. The minimum absolute atomic E-state index is 0.212. The van der Waals surface area contributed by atoms with Gasteiger partial charge in [-0.25, -0.2) is 0 Å². The monoisotopic (exact) mass is 232 g/mol. The molecule has 94 valence electrons. The van der Waals surface area contributed by atoms with Gasteiger partial charge in [-0.15, -0.1) is 0 Å². The molecule has 0 N–H and O–H groups in total. The van der Waals surface area contributed by atoms with Crippen molar-refractivity contribution in [2.75, 3.05) is 0 Å². The summed E-state index contributed by atoms with van der Waals surface area (Å²) in [6, 6.07) is 2.95. The van der Waals surface area contributed by atoms with E-state index >= 15 is 0 Å². The van der Waals surface area contributed by atoms with Crippen LogP contribution in [0.15, 0.2) is 6.07 Å². The molecule has 0 aromatic carbocycles. The van der Waals surface area contributed by atoms with Gasteiger partial charge in [0.2, 0.25) is 0 Å². The zero-order valence-electron chi connectivity index (χ0n) is 11.6. The molecule has 2 saturated carbocycles. The van der Waals surface area contributed by atoms with Gasteiger partial charge in [0.25, 0.3) is 0 Å². The molecule has 2 fully saturated rings. The standard InChI is InChI=1S/C15H24N2/c1-11-8-13(14(2,3)4)17(16-11)12-9-15(10-12)6-5-7-15/h8,12H,5-7,9-10H2,1-4H3. The molecule has 2 heteroatoms. The van der Waals surface area contributed by atoms with Crippen molar-refractivity contribution in [2.24, 2.45) is 5.41 Å². The molecule has 0 amide bonds. The first kappa shape index (κ1) is 11.3. The van der Waals surface area contributed by atoms with Gasteiger partial charge >= 0.3 is 0 Å². The van der Waals surface area contributed by atoms with E-state index < -0.39 is 0 Å². The van der Waals surface area contributed by atoms with Crippen molar-refractivity contribution in [2.45, 2.75) is 71.3 Å². The molecule has 0 saturated heterocycles. The Hall–Kier alpha value is -0.790. The van der Waals surface area contributed by atoms with Crippen LogP contribution < -0.4 is 0 Å². The summed E-state index contributed by atoms with van der Waals surface area (Å²) in [6.07, 6.45) is 7.13. The molecule has 0 atom stereocenters. The van der Waals surface area contributed by atoms with Crippen LogP contribution in [0.3, 0.4) is 0 Å². The molecule has 1 heterocycles. The molecule has 1 aromatic rings. The number of hydrogen-bond acceptors (Lipinski definition) is 1. The zero-order valence-corrected chi connectivity index (χ0v) is 11.6. The molecule has 0 aliphatic heterocycles. The molecule has 2 aliphatic rings. The van der Waals surface area contributed by atoms with Crippen molar-refractivity contribution in [3.05, 3.63) is 17.5 Å². The topological polar surface area (TPSA) is 17.8 Å². The number of aryl methyl sites for hydroxylation is 1. The molecular formula is C15H24N2. The number of aromatic nitrogens is 2. The second kappa shape index (κ2) is 3.37. The summed E-state index contributed by atoms with van der Waals surface area (Å²) in [7, 11) is 0. The van der Waals surface area contributed by atoms with E-state index in [1.807, 2.05) is 0 Å². The van der Waals surface area contributed by atoms with Crippen LogP contribution in [-0.4, -0.2) is 9.78 Å². The fraction of sp³-hybridized carbons (Fsp3) is 0.800. The minimum Gasteiger partial charge on any atom is -0.266 e. The van der Waals surface area contributed by atoms with Crippen LogP contribution in [-0.2, 0) is 5.41 Å². The van der Waals surface area contributed by atoms with Crippen molar-refractivity contribution >= 4 is 0 Å². The summed E-state index contributed by atoms with van der Waals surface area (Å²) >= 11 is 0. The van der Waals surface area contributed by atoms with Gasteiger partial charge in [-0.05, 0) is 44.1 Å². The van der Waals surface area contributed by atoms with E-state index in [0.29, 0.717) is 6.04 Å². The van der Waals surface area contributed by atoms with Gasteiger partial charge in [0.05, 0.1) is 11.7 Å². The number of rotatable bonds is 1. The van der Waals surface area contributed by atoms with Gasteiger partial charge in [0.15, 0.2) is 0 Å². The van der Waals surface area contributed by atoms with E-state index in [1.165, 1.54) is 43.5 Å². The molecule has 17 heavy (non-hydrogen) atoms. The summed E-state index contributed by atoms with van der Waals surface area (Å²) in [6.45, 7) is 8.98. The predicted octanol–water partition coefficient (Wildman–Crippen LogP) is 3.99. The maximum atomic E-state index is 4.74. The third-order valence-electron chi connectivity index (χ3n) is 4.72. The van der Waals surface area contributed by atoms with Gasteiger partial charge in [0, 0.05) is 11.1 Å². The lowest BCUT2D eigenvalue weighted by Gasteiger charge is -2.54. The fourth-order valence-corrected chi connectivity index (χ4v) is 3.55. The van der Waals surface area contributed by atoms with E-state index in [1.54, 1.807) is 0 Å². The normalized spacial score (nSPS) is 23.5. The lowest BCUT2D eigenvalue weighted by molar-refractivity contribution is -0.0239. The highest BCUT2D eigenvalue weighted by Crippen LogP contribution is 2.60. The van der Waals surface area contributed by atoms with Crippen LogP contribution in [0.2, 0.25) is 0 Å². The van der Waals surface area contributed by atoms with E-state index in [-0.39, 0.29) is 5.41 Å². The minimum atomic E-state index is 0.212. The molecule has 0 unspecified atom stereocenters. The van der Waals surface area contributed by atoms with Crippen LogP contribution in [0.25, 0.3) is 0 Å². The second-order valence-electron chi connectivity index (χ2n) is 7.28. The first-order valence-electron chi connectivity index (χ1n) is 6.96. The van der Waals surface area contributed by atoms with Gasteiger partial charge in [0.1, 0.15) is 0 Å². The average molecular weight is 232 g/mol. The maximum absolute atomic E-state index is 4.74. The van der Waals surface area contributed by atoms with E-state index in [2.05, 4.69) is 38.4 Å². The van der Waals surface area contributed by atoms with E-state index in [4.69, 9.17) is 5.10 Å². The van der Waals surface area contributed by atoms with Gasteiger partial charge in [-0.3, -0.25) is 4.68 Å². The molecule has 1 aromatic heterocycles. The van der Waals surface area contributed by atoms with Crippen molar-refractivity contribution < 1.29 is 0 Å². The van der Waals surface area contributed by atoms with Crippen LogP contribution in [0.4, 0.5) is 0 Å². The molecule has 0 radical (unpaired) electrons. The predicted molar refractivity (Wildman–Crippen MR) is 70.2 cm³/mol. The Bertz CT molecular complexity index is 424. The van der Waals surface area contributed by atoms with Crippen LogP contribution in [0.5, 0.6) is 0 Å². The first-order valence-corrected chi connectivity index (χ1v) is 6.96. The van der Waals surface area contributed by atoms with Crippen molar-refractivity contribution in [1.29, 1.82) is 0 Å². The molecule has 0 bridgehead atoms. The van der Waals surface area contributed by atoms with Crippen LogP contribution in [0, 0.1) is 12.3 Å². The lowest BCUT2D eigenvalue weighted by atomic mass is 9.54. The Morgan fingerprint density at radius 1 is 1.29 bits per heavy atom. The Balaban J connectivity index is 1.84. The average Bonchev–Trinajstić information content (AvgIpc) is 2.41. The SMILES string of the molecule is Cc1cc(C(C)(C)C)n(C2CC3(CCC3)C2)n1.